The minimum Gasteiger partial charge on any atom is -0.449 e. The van der Waals surface area contributed by atoms with Crippen molar-refractivity contribution in [2.75, 3.05) is 11.9 Å². The molecule has 0 spiro atoms. The summed E-state index contributed by atoms with van der Waals surface area (Å²) in [5.74, 6) is 6.31. The van der Waals surface area contributed by atoms with Gasteiger partial charge in [-0.05, 0) is 49.2 Å². The number of pyridine rings is 1. The summed E-state index contributed by atoms with van der Waals surface area (Å²) >= 11 is 5.80. The number of ether oxygens (including phenoxy) is 1. The van der Waals surface area contributed by atoms with Crippen LogP contribution in [0.25, 0.3) is 0 Å². The van der Waals surface area contributed by atoms with Crippen molar-refractivity contribution in [3.05, 3.63) is 59.4 Å². The molecule has 4 nitrogen and oxygen atoms in total. The number of rotatable bonds is 9. The number of carbonyl (C=O) groups excluding carboxylic acids is 1. The minimum atomic E-state index is -0.426. The fourth-order valence-corrected chi connectivity index (χ4v) is 2.60. The number of hydrogen-bond acceptors (Lipinski definition) is 3. The third-order valence-electron chi connectivity index (χ3n) is 3.91. The van der Waals surface area contributed by atoms with E-state index in [9.17, 15) is 4.79 Å². The van der Waals surface area contributed by atoms with Crippen LogP contribution in [0.2, 0.25) is 5.02 Å². The first-order valence-electron chi connectivity index (χ1n) is 9.32. The maximum Gasteiger partial charge on any atom is 0.411 e. The van der Waals surface area contributed by atoms with Crippen molar-refractivity contribution < 1.29 is 9.53 Å². The predicted octanol–water partition coefficient (Wildman–Crippen LogP) is 6.07. The normalized spacial score (nSPS) is 9.96. The van der Waals surface area contributed by atoms with Crippen LogP contribution < -0.4 is 5.32 Å². The highest BCUT2D eigenvalue weighted by Crippen LogP contribution is 2.13. The number of nitrogens with one attached hydrogen (secondary N) is 1. The van der Waals surface area contributed by atoms with Crippen LogP contribution in [0, 0.1) is 11.8 Å². The van der Waals surface area contributed by atoms with Crippen molar-refractivity contribution in [1.29, 1.82) is 0 Å². The Bertz CT molecular complexity index is 736. The lowest BCUT2D eigenvalue weighted by molar-refractivity contribution is 0.159. The molecule has 1 aromatic heterocycles. The molecule has 5 heteroatoms. The molecule has 1 N–H and O–H groups in total. The maximum absolute atomic E-state index is 11.7. The molecule has 1 heterocycles. The standard InChI is InChI=1S/C22H25ClN2O2/c23-20-12-14-21(15-13-20)25-22(26)27-17-8-6-4-2-1-3-5-7-10-19-11-9-16-24-18-19/h9,11-16,18H,1-6,8,17H2,(H,25,26). The van der Waals surface area contributed by atoms with E-state index in [-0.39, 0.29) is 0 Å². The van der Waals surface area contributed by atoms with Crippen LogP contribution in [0.4, 0.5) is 10.5 Å². The Morgan fingerprint density at radius 1 is 1.04 bits per heavy atom. The summed E-state index contributed by atoms with van der Waals surface area (Å²) in [5, 5.41) is 3.31. The largest absolute Gasteiger partial charge is 0.449 e. The van der Waals surface area contributed by atoms with Gasteiger partial charge in [-0.2, -0.15) is 0 Å². The Balaban J connectivity index is 1.42. The third-order valence-corrected chi connectivity index (χ3v) is 4.17. The van der Waals surface area contributed by atoms with Crippen molar-refractivity contribution in [3.63, 3.8) is 0 Å². The van der Waals surface area contributed by atoms with Gasteiger partial charge in [0.05, 0.1) is 6.61 Å². The summed E-state index contributed by atoms with van der Waals surface area (Å²) in [7, 11) is 0. The number of nitrogens with zero attached hydrogens (tertiary/aromatic N) is 1. The molecule has 0 fully saturated rings. The number of carbonyl (C=O) groups is 1. The van der Waals surface area contributed by atoms with Gasteiger partial charge in [0.25, 0.3) is 0 Å². The topological polar surface area (TPSA) is 51.2 Å². The first-order valence-corrected chi connectivity index (χ1v) is 9.70. The monoisotopic (exact) mass is 384 g/mol. The number of unbranched alkanes of at least 4 members (excludes halogenated alkanes) is 6. The highest BCUT2D eigenvalue weighted by Gasteiger charge is 2.02. The lowest BCUT2D eigenvalue weighted by Gasteiger charge is -2.07. The van der Waals surface area contributed by atoms with Gasteiger partial charge >= 0.3 is 6.09 Å². The highest BCUT2D eigenvalue weighted by molar-refractivity contribution is 6.30. The van der Waals surface area contributed by atoms with Gasteiger partial charge in [0.1, 0.15) is 0 Å². The number of anilines is 1. The van der Waals surface area contributed by atoms with Gasteiger partial charge in [0.2, 0.25) is 0 Å². The second-order valence-corrected chi connectivity index (χ2v) is 6.62. The van der Waals surface area contributed by atoms with E-state index in [0.29, 0.717) is 17.3 Å². The summed E-state index contributed by atoms with van der Waals surface area (Å²) in [5.41, 5.74) is 1.65. The molecule has 0 bridgehead atoms. The van der Waals surface area contributed by atoms with Gasteiger partial charge in [-0.15, -0.1) is 0 Å². The first kappa shape index (κ1) is 20.8. The smallest absolute Gasteiger partial charge is 0.411 e. The molecule has 0 aliphatic rings. The van der Waals surface area contributed by atoms with Crippen LogP contribution in [-0.4, -0.2) is 17.7 Å². The zero-order chi connectivity index (χ0) is 19.2. The van der Waals surface area contributed by atoms with Crippen LogP contribution in [0.3, 0.4) is 0 Å². The predicted molar refractivity (Wildman–Crippen MR) is 110 cm³/mol. The van der Waals surface area contributed by atoms with Gasteiger partial charge < -0.3 is 4.74 Å². The van der Waals surface area contributed by atoms with E-state index < -0.39 is 6.09 Å². The van der Waals surface area contributed by atoms with Crippen molar-refractivity contribution in [2.24, 2.45) is 0 Å². The van der Waals surface area contributed by atoms with Gasteiger partial charge in [-0.25, -0.2) is 4.79 Å². The first-order chi connectivity index (χ1) is 13.2. The van der Waals surface area contributed by atoms with Crippen LogP contribution in [-0.2, 0) is 4.74 Å². The molecule has 1 amide bonds. The SMILES string of the molecule is O=C(Nc1ccc(Cl)cc1)OCCCCCCCCC#Cc1cccnc1. The second kappa shape index (κ2) is 12.8. The molecule has 2 rings (SSSR count). The van der Waals surface area contributed by atoms with Crippen molar-refractivity contribution in [2.45, 2.75) is 44.9 Å². The average Bonchev–Trinajstić information content (AvgIpc) is 2.68. The molecule has 0 atom stereocenters. The molecule has 2 aromatic rings. The minimum absolute atomic E-state index is 0.426. The van der Waals surface area contributed by atoms with E-state index in [4.69, 9.17) is 16.3 Å². The molecule has 27 heavy (non-hydrogen) atoms. The fraction of sp³-hybridized carbons (Fsp3) is 0.364. The van der Waals surface area contributed by atoms with E-state index in [2.05, 4.69) is 22.1 Å². The van der Waals surface area contributed by atoms with Crippen LogP contribution in [0.15, 0.2) is 48.8 Å². The van der Waals surface area contributed by atoms with Crippen molar-refractivity contribution in [1.82, 2.24) is 4.98 Å². The molecule has 142 valence electrons. The molecule has 0 unspecified atom stereocenters. The van der Waals surface area contributed by atoms with E-state index in [0.717, 1.165) is 37.7 Å². The van der Waals surface area contributed by atoms with Crippen molar-refractivity contribution >= 4 is 23.4 Å². The molecule has 0 saturated heterocycles. The second-order valence-electron chi connectivity index (χ2n) is 6.18. The molecular weight excluding hydrogens is 360 g/mol. The number of halogens is 1. The lowest BCUT2D eigenvalue weighted by atomic mass is 10.1. The van der Waals surface area contributed by atoms with E-state index in [1.165, 1.54) is 12.8 Å². The summed E-state index contributed by atoms with van der Waals surface area (Å²) in [6.07, 6.45) is 10.6. The highest BCUT2D eigenvalue weighted by atomic mass is 35.5. The Morgan fingerprint density at radius 2 is 1.78 bits per heavy atom. The average molecular weight is 385 g/mol. The van der Waals surface area contributed by atoms with E-state index in [1.807, 2.05) is 12.1 Å². The molecule has 0 aliphatic heterocycles. The Kier molecular flexibility index (Phi) is 9.84. The molecule has 0 aliphatic carbocycles. The summed E-state index contributed by atoms with van der Waals surface area (Å²) in [6, 6.07) is 10.8. The number of amides is 1. The number of hydrogen-bond donors (Lipinski definition) is 1. The van der Waals surface area contributed by atoms with Gasteiger partial charge in [0, 0.05) is 35.1 Å². The summed E-state index contributed by atoms with van der Waals surface area (Å²) in [6.45, 7) is 0.440. The molecular formula is C22H25ClN2O2. The fourth-order valence-electron chi connectivity index (χ4n) is 2.48. The van der Waals surface area contributed by atoms with E-state index >= 15 is 0 Å². The Hall–Kier alpha value is -2.51. The quantitative estimate of drug-likeness (QED) is 0.422. The van der Waals surface area contributed by atoms with Crippen LogP contribution >= 0.6 is 11.6 Å². The van der Waals surface area contributed by atoms with Crippen LogP contribution in [0.5, 0.6) is 0 Å². The molecule has 1 aromatic carbocycles. The molecule has 0 saturated carbocycles. The van der Waals surface area contributed by atoms with E-state index in [1.54, 1.807) is 36.7 Å². The van der Waals surface area contributed by atoms with Gasteiger partial charge in [-0.1, -0.05) is 49.1 Å². The number of benzene rings is 1. The maximum atomic E-state index is 11.7. The molecule has 0 radical (unpaired) electrons. The zero-order valence-electron chi connectivity index (χ0n) is 15.4. The van der Waals surface area contributed by atoms with Crippen LogP contribution in [0.1, 0.15) is 50.5 Å². The zero-order valence-corrected chi connectivity index (χ0v) is 16.2. The van der Waals surface area contributed by atoms with Gasteiger partial charge in [-0.3, -0.25) is 10.3 Å². The van der Waals surface area contributed by atoms with Crippen molar-refractivity contribution in [3.8, 4) is 11.8 Å². The number of aromatic nitrogens is 1. The van der Waals surface area contributed by atoms with Gasteiger partial charge in [0.15, 0.2) is 0 Å². The lowest BCUT2D eigenvalue weighted by Crippen LogP contribution is -2.14. The summed E-state index contributed by atoms with van der Waals surface area (Å²) < 4.78 is 5.17. The summed E-state index contributed by atoms with van der Waals surface area (Å²) in [4.78, 5) is 15.7. The Labute approximate surface area is 166 Å². The Morgan fingerprint density at radius 3 is 2.52 bits per heavy atom. The third kappa shape index (κ3) is 9.67.